The molecule has 0 rings (SSSR count). The van der Waals surface area contributed by atoms with Crippen LogP contribution in [-0.2, 0) is 14.3 Å². The van der Waals surface area contributed by atoms with E-state index in [1.54, 1.807) is 0 Å². The molecule has 4 nitrogen and oxygen atoms in total. The summed E-state index contributed by atoms with van der Waals surface area (Å²) in [5.74, 6) is 0.892. The largest absolute Gasteiger partial charge is 0.379 e. The van der Waals surface area contributed by atoms with Gasteiger partial charge in [0, 0.05) is 12.4 Å². The molecule has 0 atom stereocenters. The molecular formula is C8H17NO3S. The highest BCUT2D eigenvalue weighted by molar-refractivity contribution is 7.99. The fourth-order valence-corrected chi connectivity index (χ4v) is 1.24. The summed E-state index contributed by atoms with van der Waals surface area (Å²) in [4.78, 5) is 10.3. The Morgan fingerprint density at radius 1 is 1.31 bits per heavy atom. The van der Waals surface area contributed by atoms with Gasteiger partial charge in [-0.1, -0.05) is 0 Å². The van der Waals surface area contributed by atoms with Gasteiger partial charge in [-0.3, -0.25) is 4.79 Å². The van der Waals surface area contributed by atoms with E-state index in [1.165, 1.54) is 11.8 Å². The number of hydrogen-bond donors (Lipinski definition) is 1. The minimum atomic E-state index is -0.278. The van der Waals surface area contributed by atoms with E-state index in [1.807, 2.05) is 6.92 Å². The Balaban J connectivity index is 2.87. The number of hydrogen-bond acceptors (Lipinski definition) is 4. The molecule has 0 fully saturated rings. The molecule has 0 radical (unpaired) electrons. The lowest BCUT2D eigenvalue weighted by Gasteiger charge is -2.03. The van der Waals surface area contributed by atoms with E-state index in [0.717, 1.165) is 12.4 Å². The summed E-state index contributed by atoms with van der Waals surface area (Å²) in [6.07, 6.45) is 0. The molecule has 0 unspecified atom stereocenters. The van der Waals surface area contributed by atoms with Crippen LogP contribution in [0.5, 0.6) is 0 Å². The third kappa shape index (κ3) is 11.7. The minimum absolute atomic E-state index is 0.278. The Morgan fingerprint density at radius 3 is 2.62 bits per heavy atom. The molecule has 5 heteroatoms. The maximum atomic E-state index is 10.3. The van der Waals surface area contributed by atoms with E-state index < -0.39 is 0 Å². The number of carbonyl (C=O) groups excluding carboxylic acids is 1. The lowest BCUT2D eigenvalue weighted by Crippen LogP contribution is -2.14. The van der Waals surface area contributed by atoms with Crippen molar-refractivity contribution in [3.05, 3.63) is 0 Å². The first-order chi connectivity index (χ1) is 6.27. The van der Waals surface area contributed by atoms with Gasteiger partial charge in [-0.15, -0.1) is 11.8 Å². The van der Waals surface area contributed by atoms with E-state index in [2.05, 4.69) is 0 Å². The minimum Gasteiger partial charge on any atom is -0.379 e. The molecule has 0 aliphatic carbocycles. The predicted octanol–water partition coefficient (Wildman–Crippen LogP) is 0.258. The Kier molecular flexibility index (Phi) is 9.63. The molecule has 0 spiro atoms. The molecule has 0 aromatic carbocycles. The van der Waals surface area contributed by atoms with Gasteiger partial charge < -0.3 is 15.2 Å². The number of nitrogens with two attached hydrogens (primary N) is 1. The number of rotatable bonds is 9. The Morgan fingerprint density at radius 2 is 2.00 bits per heavy atom. The molecular weight excluding hydrogens is 190 g/mol. The quantitative estimate of drug-likeness (QED) is 0.551. The molecule has 78 valence electrons. The smallest absolute Gasteiger partial charge is 0.227 e. The summed E-state index contributed by atoms with van der Waals surface area (Å²) in [6.45, 7) is 4.56. The summed E-state index contributed by atoms with van der Waals surface area (Å²) >= 11 is 1.48. The SMILES string of the molecule is CCOCCOCCSCC(N)=O. The van der Waals surface area contributed by atoms with Crippen LogP contribution in [-0.4, -0.2) is 43.8 Å². The summed E-state index contributed by atoms with van der Waals surface area (Å²) in [6, 6.07) is 0. The van der Waals surface area contributed by atoms with Crippen LogP contribution in [0.2, 0.25) is 0 Å². The second-order valence-corrected chi connectivity index (χ2v) is 3.43. The Hall–Kier alpha value is -0.260. The van der Waals surface area contributed by atoms with E-state index in [4.69, 9.17) is 15.2 Å². The molecule has 2 N–H and O–H groups in total. The summed E-state index contributed by atoms with van der Waals surface area (Å²) in [7, 11) is 0. The zero-order valence-corrected chi connectivity index (χ0v) is 8.77. The summed E-state index contributed by atoms with van der Waals surface area (Å²) in [5.41, 5.74) is 4.95. The van der Waals surface area contributed by atoms with Crippen molar-refractivity contribution in [1.82, 2.24) is 0 Å². The summed E-state index contributed by atoms with van der Waals surface area (Å²) in [5, 5.41) is 0. The van der Waals surface area contributed by atoms with E-state index in [0.29, 0.717) is 25.6 Å². The van der Waals surface area contributed by atoms with Crippen molar-refractivity contribution in [3.63, 3.8) is 0 Å². The molecule has 0 saturated carbocycles. The van der Waals surface area contributed by atoms with Gasteiger partial charge in [-0.2, -0.15) is 0 Å². The first kappa shape index (κ1) is 12.7. The first-order valence-electron chi connectivity index (χ1n) is 4.29. The van der Waals surface area contributed by atoms with Gasteiger partial charge in [0.1, 0.15) is 0 Å². The number of primary amides is 1. The second kappa shape index (κ2) is 9.83. The fraction of sp³-hybridized carbons (Fsp3) is 0.875. The average molecular weight is 207 g/mol. The third-order valence-corrected chi connectivity index (χ3v) is 2.14. The molecule has 0 aliphatic rings. The average Bonchev–Trinajstić information content (AvgIpc) is 2.09. The van der Waals surface area contributed by atoms with Crippen molar-refractivity contribution in [2.45, 2.75) is 6.92 Å². The maximum absolute atomic E-state index is 10.3. The van der Waals surface area contributed by atoms with Gasteiger partial charge in [0.25, 0.3) is 0 Å². The predicted molar refractivity (Wildman–Crippen MR) is 53.8 cm³/mol. The van der Waals surface area contributed by atoms with Gasteiger partial charge in [-0.05, 0) is 6.92 Å². The highest BCUT2D eigenvalue weighted by Crippen LogP contribution is 1.97. The third-order valence-electron chi connectivity index (χ3n) is 1.19. The van der Waals surface area contributed by atoms with E-state index >= 15 is 0 Å². The molecule has 0 heterocycles. The van der Waals surface area contributed by atoms with Crippen LogP contribution in [0, 0.1) is 0 Å². The molecule has 1 amide bonds. The van der Waals surface area contributed by atoms with Crippen molar-refractivity contribution >= 4 is 17.7 Å². The van der Waals surface area contributed by atoms with Gasteiger partial charge in [0.05, 0.1) is 25.6 Å². The molecule has 0 aromatic heterocycles. The highest BCUT2D eigenvalue weighted by Gasteiger charge is 1.94. The number of amides is 1. The zero-order chi connectivity index (χ0) is 9.94. The monoisotopic (exact) mass is 207 g/mol. The second-order valence-electron chi connectivity index (χ2n) is 2.33. The van der Waals surface area contributed by atoms with Crippen molar-refractivity contribution in [3.8, 4) is 0 Å². The van der Waals surface area contributed by atoms with Crippen molar-refractivity contribution < 1.29 is 14.3 Å². The lowest BCUT2D eigenvalue weighted by atomic mass is 10.7. The molecule has 0 aliphatic heterocycles. The van der Waals surface area contributed by atoms with Crippen LogP contribution in [0.4, 0.5) is 0 Å². The van der Waals surface area contributed by atoms with E-state index in [-0.39, 0.29) is 5.91 Å². The van der Waals surface area contributed by atoms with Crippen LogP contribution in [0.1, 0.15) is 6.92 Å². The van der Waals surface area contributed by atoms with Gasteiger partial charge in [0.2, 0.25) is 5.91 Å². The Labute approximate surface area is 83.1 Å². The van der Waals surface area contributed by atoms with Crippen LogP contribution >= 0.6 is 11.8 Å². The highest BCUT2D eigenvalue weighted by atomic mass is 32.2. The standard InChI is InChI=1S/C8H17NO3S/c1-2-11-3-4-12-5-6-13-7-8(9)10/h2-7H2,1H3,(H2,9,10). The van der Waals surface area contributed by atoms with Crippen LogP contribution < -0.4 is 5.73 Å². The Bertz CT molecular complexity index is 133. The number of carbonyl (C=O) groups is 1. The number of thioether (sulfide) groups is 1. The van der Waals surface area contributed by atoms with Crippen molar-refractivity contribution in [2.24, 2.45) is 5.73 Å². The van der Waals surface area contributed by atoms with Crippen LogP contribution in [0.15, 0.2) is 0 Å². The lowest BCUT2D eigenvalue weighted by molar-refractivity contribution is -0.115. The van der Waals surface area contributed by atoms with Crippen molar-refractivity contribution in [1.29, 1.82) is 0 Å². The molecule has 0 aromatic rings. The van der Waals surface area contributed by atoms with Crippen LogP contribution in [0.25, 0.3) is 0 Å². The zero-order valence-electron chi connectivity index (χ0n) is 7.95. The summed E-state index contributed by atoms with van der Waals surface area (Å²) < 4.78 is 10.3. The first-order valence-corrected chi connectivity index (χ1v) is 5.44. The number of ether oxygens (including phenoxy) is 2. The van der Waals surface area contributed by atoms with Crippen molar-refractivity contribution in [2.75, 3.05) is 37.9 Å². The van der Waals surface area contributed by atoms with Gasteiger partial charge >= 0.3 is 0 Å². The van der Waals surface area contributed by atoms with Crippen LogP contribution in [0.3, 0.4) is 0 Å². The maximum Gasteiger partial charge on any atom is 0.227 e. The molecule has 0 saturated heterocycles. The molecule has 0 bridgehead atoms. The fourth-order valence-electron chi connectivity index (χ4n) is 0.655. The van der Waals surface area contributed by atoms with E-state index in [9.17, 15) is 4.79 Å². The van der Waals surface area contributed by atoms with Gasteiger partial charge in [-0.25, -0.2) is 0 Å². The molecule has 13 heavy (non-hydrogen) atoms. The van der Waals surface area contributed by atoms with Gasteiger partial charge in [0.15, 0.2) is 0 Å². The normalized spacial score (nSPS) is 10.2. The topological polar surface area (TPSA) is 61.6 Å².